The van der Waals surface area contributed by atoms with Crippen LogP contribution in [0.4, 0.5) is 11.6 Å². The predicted octanol–water partition coefficient (Wildman–Crippen LogP) is 5.12. The van der Waals surface area contributed by atoms with Crippen LogP contribution in [0.2, 0.25) is 0 Å². The number of para-hydroxylation sites is 1. The van der Waals surface area contributed by atoms with Crippen molar-refractivity contribution < 1.29 is 14.3 Å². The van der Waals surface area contributed by atoms with E-state index in [0.29, 0.717) is 34.8 Å². The first-order valence-corrected chi connectivity index (χ1v) is 12.3. The Morgan fingerprint density at radius 1 is 1.18 bits per heavy atom. The van der Waals surface area contributed by atoms with Crippen LogP contribution >= 0.6 is 11.8 Å². The summed E-state index contributed by atoms with van der Waals surface area (Å²) >= 11 is 1.59. The summed E-state index contributed by atoms with van der Waals surface area (Å²) in [6, 6.07) is 14.6. The Bertz CT molecular complexity index is 1190. The van der Waals surface area contributed by atoms with Crippen LogP contribution in [0.15, 0.2) is 65.0 Å². The molecule has 1 unspecified atom stereocenters. The van der Waals surface area contributed by atoms with Gasteiger partial charge in [0.25, 0.3) is 5.91 Å². The van der Waals surface area contributed by atoms with Gasteiger partial charge >= 0.3 is 0 Å². The van der Waals surface area contributed by atoms with Crippen LogP contribution in [-0.2, 0) is 4.79 Å². The van der Waals surface area contributed by atoms with Gasteiger partial charge in [-0.3, -0.25) is 4.79 Å². The fourth-order valence-electron chi connectivity index (χ4n) is 3.84. The standard InChI is InChI=1S/C25H29N5O3S/c1-5-14-34-25-28-24-26-16(3)21(23(31)27-18-10-8-7-9-11-18)22(30(24)29-25)17-12-13-19(33-6-2)20(15-17)32-4/h7-13,15,22H,5-6,14H2,1-4H3,(H,27,31)(H,26,28,29). The number of carbonyl (C=O) groups is 1. The van der Waals surface area contributed by atoms with E-state index in [4.69, 9.17) is 14.6 Å². The molecule has 9 heteroatoms. The second-order valence-electron chi connectivity index (χ2n) is 7.74. The number of allylic oxidation sites excluding steroid dienone is 1. The highest BCUT2D eigenvalue weighted by molar-refractivity contribution is 7.99. The number of nitrogens with zero attached hydrogens (tertiary/aromatic N) is 3. The smallest absolute Gasteiger partial charge is 0.255 e. The van der Waals surface area contributed by atoms with Crippen molar-refractivity contribution in [1.29, 1.82) is 0 Å². The van der Waals surface area contributed by atoms with Crippen molar-refractivity contribution in [1.82, 2.24) is 14.8 Å². The van der Waals surface area contributed by atoms with Crippen LogP contribution in [0.25, 0.3) is 0 Å². The number of anilines is 2. The first kappa shape index (κ1) is 23.7. The lowest BCUT2D eigenvalue weighted by Gasteiger charge is -2.29. The van der Waals surface area contributed by atoms with Gasteiger partial charge in [0.2, 0.25) is 11.1 Å². The summed E-state index contributed by atoms with van der Waals surface area (Å²) in [6.07, 6.45) is 1.02. The molecular weight excluding hydrogens is 450 g/mol. The van der Waals surface area contributed by atoms with Crippen molar-refractivity contribution in [2.75, 3.05) is 30.1 Å². The van der Waals surface area contributed by atoms with Gasteiger partial charge in [-0.1, -0.05) is 43.0 Å². The summed E-state index contributed by atoms with van der Waals surface area (Å²) in [5.41, 5.74) is 2.84. The maximum atomic E-state index is 13.5. The molecule has 0 fully saturated rings. The zero-order valence-corrected chi connectivity index (χ0v) is 20.6. The van der Waals surface area contributed by atoms with E-state index in [2.05, 4.69) is 22.5 Å². The lowest BCUT2D eigenvalue weighted by Crippen LogP contribution is -2.31. The molecule has 34 heavy (non-hydrogen) atoms. The Kier molecular flexibility index (Phi) is 7.42. The fourth-order valence-corrected chi connectivity index (χ4v) is 4.52. The number of nitrogens with one attached hydrogen (secondary N) is 2. The Morgan fingerprint density at radius 2 is 1.97 bits per heavy atom. The number of hydrogen-bond donors (Lipinski definition) is 2. The van der Waals surface area contributed by atoms with Gasteiger partial charge in [0.1, 0.15) is 6.04 Å². The van der Waals surface area contributed by atoms with Gasteiger partial charge in [-0.15, -0.1) is 5.10 Å². The number of methoxy groups -OCH3 is 1. The quantitative estimate of drug-likeness (QED) is 0.412. The number of aromatic nitrogens is 3. The molecule has 1 aliphatic rings. The Labute approximate surface area is 203 Å². The first-order chi connectivity index (χ1) is 16.5. The highest BCUT2D eigenvalue weighted by Gasteiger charge is 2.35. The van der Waals surface area contributed by atoms with Crippen LogP contribution in [0.1, 0.15) is 38.8 Å². The Balaban J connectivity index is 1.79. The number of fused-ring (bicyclic) bond motifs is 1. The van der Waals surface area contributed by atoms with Crippen LogP contribution in [0.5, 0.6) is 11.5 Å². The number of ether oxygens (including phenoxy) is 2. The van der Waals surface area contributed by atoms with E-state index in [1.807, 2.05) is 62.4 Å². The fraction of sp³-hybridized carbons (Fsp3) is 0.320. The Hall–Kier alpha value is -3.46. The van der Waals surface area contributed by atoms with Gasteiger partial charge in [-0.25, -0.2) is 4.68 Å². The SMILES string of the molecule is CCCSc1nc2n(n1)C(c1ccc(OCC)c(OC)c1)C(C(=O)Nc1ccccc1)=C(C)N2. The second kappa shape index (κ2) is 10.6. The van der Waals surface area contributed by atoms with Crippen LogP contribution < -0.4 is 20.1 Å². The van der Waals surface area contributed by atoms with E-state index in [1.54, 1.807) is 23.6 Å². The summed E-state index contributed by atoms with van der Waals surface area (Å²) in [5.74, 6) is 2.55. The largest absolute Gasteiger partial charge is 0.493 e. The van der Waals surface area contributed by atoms with Crippen molar-refractivity contribution >= 4 is 29.3 Å². The molecule has 0 aliphatic carbocycles. The lowest BCUT2D eigenvalue weighted by atomic mass is 9.94. The van der Waals surface area contributed by atoms with Gasteiger partial charge < -0.3 is 20.1 Å². The molecule has 0 saturated carbocycles. The summed E-state index contributed by atoms with van der Waals surface area (Å²) in [5, 5.41) is 11.7. The minimum atomic E-state index is -0.493. The monoisotopic (exact) mass is 479 g/mol. The summed E-state index contributed by atoms with van der Waals surface area (Å²) < 4.78 is 13.1. The zero-order valence-electron chi connectivity index (χ0n) is 19.8. The van der Waals surface area contributed by atoms with Gasteiger partial charge in [0.15, 0.2) is 11.5 Å². The van der Waals surface area contributed by atoms with Gasteiger partial charge in [0.05, 0.1) is 19.3 Å². The summed E-state index contributed by atoms with van der Waals surface area (Å²) in [6.45, 7) is 6.46. The van der Waals surface area contributed by atoms with Crippen molar-refractivity contribution in [3.8, 4) is 11.5 Å². The zero-order chi connectivity index (χ0) is 24.1. The Morgan fingerprint density at radius 3 is 2.68 bits per heavy atom. The predicted molar refractivity (Wildman–Crippen MR) is 135 cm³/mol. The van der Waals surface area contributed by atoms with E-state index in [0.717, 1.165) is 29.1 Å². The molecule has 3 aromatic rings. The minimum absolute atomic E-state index is 0.210. The number of benzene rings is 2. The molecule has 1 aromatic heterocycles. The number of thioether (sulfide) groups is 1. The number of carbonyl (C=O) groups excluding carboxylic acids is 1. The third-order valence-corrected chi connectivity index (χ3v) is 6.39. The van der Waals surface area contributed by atoms with Crippen molar-refractivity contribution in [3.05, 3.63) is 65.4 Å². The van der Waals surface area contributed by atoms with Crippen molar-refractivity contribution in [3.63, 3.8) is 0 Å². The molecule has 2 aromatic carbocycles. The van der Waals surface area contributed by atoms with E-state index in [-0.39, 0.29) is 5.91 Å². The molecule has 2 N–H and O–H groups in total. The molecule has 178 valence electrons. The summed E-state index contributed by atoms with van der Waals surface area (Å²) in [7, 11) is 1.61. The minimum Gasteiger partial charge on any atom is -0.493 e. The van der Waals surface area contributed by atoms with Crippen LogP contribution in [-0.4, -0.2) is 40.1 Å². The first-order valence-electron chi connectivity index (χ1n) is 11.3. The highest BCUT2D eigenvalue weighted by Crippen LogP contribution is 2.39. The molecule has 0 saturated heterocycles. The average molecular weight is 480 g/mol. The normalized spacial score (nSPS) is 14.9. The molecule has 8 nitrogen and oxygen atoms in total. The molecule has 1 aliphatic heterocycles. The molecule has 4 rings (SSSR count). The molecule has 2 heterocycles. The van der Waals surface area contributed by atoms with Crippen LogP contribution in [0.3, 0.4) is 0 Å². The maximum absolute atomic E-state index is 13.5. The molecule has 0 bridgehead atoms. The van der Waals surface area contributed by atoms with Gasteiger partial charge in [-0.2, -0.15) is 4.98 Å². The third-order valence-electron chi connectivity index (χ3n) is 5.35. The van der Waals surface area contributed by atoms with Crippen molar-refractivity contribution in [2.45, 2.75) is 38.4 Å². The molecule has 0 spiro atoms. The average Bonchev–Trinajstić information content (AvgIpc) is 3.25. The molecule has 1 amide bonds. The number of rotatable bonds is 9. The van der Waals surface area contributed by atoms with Gasteiger partial charge in [0, 0.05) is 17.1 Å². The van der Waals surface area contributed by atoms with E-state index < -0.39 is 6.04 Å². The number of hydrogen-bond acceptors (Lipinski definition) is 7. The maximum Gasteiger partial charge on any atom is 0.255 e. The molecule has 1 atom stereocenters. The lowest BCUT2D eigenvalue weighted by molar-refractivity contribution is -0.113. The van der Waals surface area contributed by atoms with Crippen LogP contribution in [0, 0.1) is 0 Å². The molecule has 0 radical (unpaired) electrons. The second-order valence-corrected chi connectivity index (χ2v) is 8.80. The van der Waals surface area contributed by atoms with Gasteiger partial charge in [-0.05, 0) is 50.1 Å². The molecular formula is C25H29N5O3S. The highest BCUT2D eigenvalue weighted by atomic mass is 32.2. The number of amides is 1. The van der Waals surface area contributed by atoms with E-state index >= 15 is 0 Å². The van der Waals surface area contributed by atoms with E-state index in [9.17, 15) is 4.79 Å². The third kappa shape index (κ3) is 4.89. The summed E-state index contributed by atoms with van der Waals surface area (Å²) in [4.78, 5) is 18.2. The van der Waals surface area contributed by atoms with E-state index in [1.165, 1.54) is 0 Å². The van der Waals surface area contributed by atoms with Crippen molar-refractivity contribution in [2.24, 2.45) is 0 Å². The topological polar surface area (TPSA) is 90.3 Å².